The van der Waals surface area contributed by atoms with Gasteiger partial charge in [-0.2, -0.15) is 13.2 Å². The molecule has 0 aromatic heterocycles. The van der Waals surface area contributed by atoms with Gasteiger partial charge < -0.3 is 10.4 Å². The third-order valence-corrected chi connectivity index (χ3v) is 4.22. The van der Waals surface area contributed by atoms with Gasteiger partial charge >= 0.3 is 6.18 Å². The summed E-state index contributed by atoms with van der Waals surface area (Å²) in [5, 5.41) is 14.4. The molecule has 0 aliphatic heterocycles. The first kappa shape index (κ1) is 17.9. The van der Waals surface area contributed by atoms with E-state index in [0.717, 1.165) is 0 Å². The second kappa shape index (κ2) is 6.46. The molecule has 134 valence electrons. The Labute approximate surface area is 148 Å². The van der Waals surface area contributed by atoms with E-state index in [4.69, 9.17) is 0 Å². The van der Waals surface area contributed by atoms with Crippen LogP contribution < -0.4 is 5.32 Å². The van der Waals surface area contributed by atoms with Crippen LogP contribution in [-0.4, -0.2) is 17.2 Å². The number of hydrogen-bond donors (Lipinski definition) is 2. The van der Waals surface area contributed by atoms with Crippen molar-refractivity contribution >= 4 is 22.4 Å². The third-order valence-electron chi connectivity index (χ3n) is 4.22. The van der Waals surface area contributed by atoms with Gasteiger partial charge in [0.1, 0.15) is 0 Å². The maximum Gasteiger partial charge on any atom is 0.425 e. The minimum absolute atomic E-state index is 0.0562. The smallest absolute Gasteiger partial charge is 0.372 e. The normalized spacial score (nSPS) is 14.0. The quantitative estimate of drug-likeness (QED) is 0.718. The van der Waals surface area contributed by atoms with Crippen molar-refractivity contribution in [3.8, 4) is 0 Å². The molecule has 1 unspecified atom stereocenters. The highest BCUT2D eigenvalue weighted by molar-refractivity contribution is 6.03. The number of hydrogen-bond acceptors (Lipinski definition) is 2. The first-order valence-corrected chi connectivity index (χ1v) is 7.89. The molecule has 1 atom stereocenters. The topological polar surface area (TPSA) is 49.3 Å². The van der Waals surface area contributed by atoms with Gasteiger partial charge in [0.15, 0.2) is 0 Å². The van der Waals surface area contributed by atoms with E-state index in [1.54, 1.807) is 30.3 Å². The number of rotatable bonds is 3. The van der Waals surface area contributed by atoms with Gasteiger partial charge in [-0.25, -0.2) is 0 Å². The highest BCUT2D eigenvalue weighted by Gasteiger charge is 2.57. The second-order valence-corrected chi connectivity index (χ2v) is 5.96. The molecule has 26 heavy (non-hydrogen) atoms. The molecular formula is C20H16F3NO2. The van der Waals surface area contributed by atoms with Crippen molar-refractivity contribution in [2.45, 2.75) is 18.7 Å². The summed E-state index contributed by atoms with van der Waals surface area (Å²) in [5.41, 5.74) is -4.07. The zero-order chi connectivity index (χ0) is 18.9. The number of alkyl halides is 3. The molecule has 0 spiro atoms. The van der Waals surface area contributed by atoms with E-state index in [-0.39, 0.29) is 11.3 Å². The molecule has 0 fully saturated rings. The van der Waals surface area contributed by atoms with Gasteiger partial charge in [0.25, 0.3) is 0 Å². The lowest BCUT2D eigenvalue weighted by Crippen LogP contribution is -2.44. The van der Waals surface area contributed by atoms with Gasteiger partial charge in [0.2, 0.25) is 11.5 Å². The van der Waals surface area contributed by atoms with E-state index in [2.05, 4.69) is 5.32 Å². The van der Waals surface area contributed by atoms with E-state index in [0.29, 0.717) is 10.8 Å². The fourth-order valence-electron chi connectivity index (χ4n) is 3.03. The lowest BCUT2D eigenvalue weighted by Gasteiger charge is -2.33. The van der Waals surface area contributed by atoms with Crippen molar-refractivity contribution in [3.05, 3.63) is 77.9 Å². The molecule has 0 heterocycles. The average molecular weight is 359 g/mol. The van der Waals surface area contributed by atoms with Gasteiger partial charge in [-0.05, 0) is 10.9 Å². The van der Waals surface area contributed by atoms with Gasteiger partial charge in [0.05, 0.1) is 5.69 Å². The molecule has 3 aromatic rings. The van der Waals surface area contributed by atoms with Crippen molar-refractivity contribution < 1.29 is 23.1 Å². The summed E-state index contributed by atoms with van der Waals surface area (Å²) in [6.07, 6.45) is -5.00. The van der Waals surface area contributed by atoms with Crippen LogP contribution in [0.2, 0.25) is 0 Å². The molecule has 3 nitrogen and oxygen atoms in total. The molecule has 0 saturated carbocycles. The van der Waals surface area contributed by atoms with Gasteiger partial charge in [-0.3, -0.25) is 4.79 Å². The zero-order valence-corrected chi connectivity index (χ0v) is 13.8. The Morgan fingerprint density at radius 3 is 2.15 bits per heavy atom. The van der Waals surface area contributed by atoms with Crippen molar-refractivity contribution in [1.29, 1.82) is 0 Å². The number of aliphatic hydroxyl groups is 1. The highest BCUT2D eigenvalue weighted by Crippen LogP contribution is 2.48. The van der Waals surface area contributed by atoms with E-state index < -0.39 is 23.2 Å². The van der Waals surface area contributed by atoms with Crippen LogP contribution in [-0.2, 0) is 10.4 Å². The minimum atomic E-state index is -5.00. The van der Waals surface area contributed by atoms with Crippen LogP contribution in [0, 0.1) is 0 Å². The number of benzene rings is 3. The summed E-state index contributed by atoms with van der Waals surface area (Å²) < 4.78 is 42.1. The van der Waals surface area contributed by atoms with Crippen LogP contribution in [0.4, 0.5) is 18.9 Å². The molecule has 0 radical (unpaired) electrons. The largest absolute Gasteiger partial charge is 0.425 e. The van der Waals surface area contributed by atoms with E-state index in [1.165, 1.54) is 43.3 Å². The first-order chi connectivity index (χ1) is 12.2. The summed E-state index contributed by atoms with van der Waals surface area (Å²) in [5.74, 6) is -0.528. The number of carbonyl (C=O) groups is 1. The van der Waals surface area contributed by atoms with Crippen LogP contribution in [0.25, 0.3) is 10.8 Å². The Morgan fingerprint density at radius 1 is 0.923 bits per heavy atom. The Hall–Kier alpha value is -2.86. The van der Waals surface area contributed by atoms with Crippen molar-refractivity contribution in [3.63, 3.8) is 0 Å². The predicted molar refractivity (Wildman–Crippen MR) is 93.7 cm³/mol. The number of nitrogens with one attached hydrogen (secondary N) is 1. The second-order valence-electron chi connectivity index (χ2n) is 5.96. The zero-order valence-electron chi connectivity index (χ0n) is 13.8. The maximum absolute atomic E-state index is 14.0. The molecule has 3 aromatic carbocycles. The van der Waals surface area contributed by atoms with Crippen LogP contribution in [0.1, 0.15) is 18.1 Å². The molecule has 6 heteroatoms. The molecule has 0 aliphatic carbocycles. The summed E-state index contributed by atoms with van der Waals surface area (Å²) in [4.78, 5) is 11.6. The maximum atomic E-state index is 14.0. The molecule has 2 N–H and O–H groups in total. The van der Waals surface area contributed by atoms with E-state index >= 15 is 0 Å². The van der Waals surface area contributed by atoms with Crippen molar-refractivity contribution in [2.24, 2.45) is 0 Å². The lowest BCUT2D eigenvalue weighted by molar-refractivity contribution is -0.248. The first-order valence-electron chi connectivity index (χ1n) is 7.89. The van der Waals surface area contributed by atoms with Gasteiger partial charge in [-0.15, -0.1) is 0 Å². The van der Waals surface area contributed by atoms with Crippen molar-refractivity contribution in [2.75, 3.05) is 5.32 Å². The van der Waals surface area contributed by atoms with Crippen LogP contribution >= 0.6 is 0 Å². The Balaban J connectivity index is 2.38. The fraction of sp³-hybridized carbons (Fsp3) is 0.150. The molecular weight excluding hydrogens is 343 g/mol. The molecule has 0 saturated heterocycles. The lowest BCUT2D eigenvalue weighted by atomic mass is 9.83. The number of halogens is 3. The third kappa shape index (κ3) is 2.93. The highest BCUT2D eigenvalue weighted by atomic mass is 19.4. The van der Waals surface area contributed by atoms with E-state index in [9.17, 15) is 23.1 Å². The number of anilines is 1. The summed E-state index contributed by atoms with van der Waals surface area (Å²) in [7, 11) is 0. The number of amides is 1. The number of fused-ring (bicyclic) bond motifs is 1. The summed E-state index contributed by atoms with van der Waals surface area (Å²) >= 11 is 0. The Bertz CT molecular complexity index is 954. The standard InChI is InChI=1S/C20H16F3NO2/c1-13(25)24-18-16-10-6-5-7-14(16)11-12-17(18)19(26,20(21,22)23)15-8-3-2-4-9-15/h2-12,26H,1H3,(H,24,25). The number of carbonyl (C=O) groups excluding carboxylic acids is 1. The minimum Gasteiger partial charge on any atom is -0.372 e. The Kier molecular flexibility index (Phi) is 4.46. The van der Waals surface area contributed by atoms with Crippen LogP contribution in [0.15, 0.2) is 66.7 Å². The van der Waals surface area contributed by atoms with Crippen LogP contribution in [0.3, 0.4) is 0 Å². The summed E-state index contributed by atoms with van der Waals surface area (Å²) in [6.45, 7) is 1.21. The van der Waals surface area contributed by atoms with Crippen LogP contribution in [0.5, 0.6) is 0 Å². The molecule has 0 bridgehead atoms. The fourth-order valence-corrected chi connectivity index (χ4v) is 3.03. The average Bonchev–Trinajstić information content (AvgIpc) is 2.61. The monoisotopic (exact) mass is 359 g/mol. The molecule has 1 amide bonds. The van der Waals surface area contributed by atoms with Crippen molar-refractivity contribution in [1.82, 2.24) is 0 Å². The SMILES string of the molecule is CC(=O)Nc1c(C(O)(c2ccccc2)C(F)(F)F)ccc2ccccc12. The Morgan fingerprint density at radius 2 is 1.54 bits per heavy atom. The molecule has 0 aliphatic rings. The van der Waals surface area contributed by atoms with Gasteiger partial charge in [0, 0.05) is 17.9 Å². The molecule has 3 rings (SSSR count). The predicted octanol–water partition coefficient (Wildman–Crippen LogP) is 4.60. The summed E-state index contributed by atoms with van der Waals surface area (Å²) in [6, 6.07) is 16.3. The van der Waals surface area contributed by atoms with E-state index in [1.807, 2.05) is 0 Å². The van der Waals surface area contributed by atoms with Gasteiger partial charge in [-0.1, -0.05) is 66.7 Å².